The van der Waals surface area contributed by atoms with E-state index in [4.69, 9.17) is 13.9 Å². The highest BCUT2D eigenvalue weighted by Gasteiger charge is 2.33. The van der Waals surface area contributed by atoms with Crippen LogP contribution in [0.15, 0.2) is 40.8 Å². The number of alkyl halides is 3. The number of carboxylic acid groups (broad SMARTS) is 1. The number of nitrogens with zero attached hydrogens (tertiary/aromatic N) is 2. The van der Waals surface area contributed by atoms with Gasteiger partial charge in [-0.2, -0.15) is 13.2 Å². The predicted octanol–water partition coefficient (Wildman–Crippen LogP) is 4.69. The molecule has 0 saturated heterocycles. The van der Waals surface area contributed by atoms with E-state index in [1.165, 1.54) is 27.2 Å². The molecule has 1 N–H and O–H groups in total. The Morgan fingerprint density at radius 3 is 2.42 bits per heavy atom. The zero-order valence-electron chi connectivity index (χ0n) is 16.9. The van der Waals surface area contributed by atoms with Crippen molar-refractivity contribution in [2.75, 3.05) is 14.2 Å². The molecule has 164 valence electrons. The maximum absolute atomic E-state index is 13.7. The quantitative estimate of drug-likeness (QED) is 0.574. The van der Waals surface area contributed by atoms with E-state index in [-0.39, 0.29) is 22.9 Å². The lowest BCUT2D eigenvalue weighted by atomic mass is 9.90. The number of hydrogen-bond donors (Lipinski definition) is 1. The van der Waals surface area contributed by atoms with Crippen LogP contribution in [0.5, 0.6) is 11.5 Å². The van der Waals surface area contributed by atoms with Gasteiger partial charge in [-0.15, -0.1) is 10.2 Å². The van der Waals surface area contributed by atoms with Gasteiger partial charge in [-0.1, -0.05) is 6.07 Å². The van der Waals surface area contributed by atoms with Crippen molar-refractivity contribution in [3.63, 3.8) is 0 Å². The van der Waals surface area contributed by atoms with Crippen molar-refractivity contribution in [2.45, 2.75) is 25.4 Å². The second kappa shape index (κ2) is 8.66. The largest absolute Gasteiger partial charge is 0.497 e. The van der Waals surface area contributed by atoms with Gasteiger partial charge in [0.1, 0.15) is 11.5 Å². The number of hydrogen-bond acceptors (Lipinski definition) is 6. The Kier molecular flexibility index (Phi) is 6.19. The number of aromatic nitrogens is 2. The molecule has 1 aromatic heterocycles. The Morgan fingerprint density at radius 2 is 1.87 bits per heavy atom. The molecular weight excluding hydrogens is 417 g/mol. The van der Waals surface area contributed by atoms with E-state index < -0.39 is 30.0 Å². The summed E-state index contributed by atoms with van der Waals surface area (Å²) in [5.74, 6) is -1.45. The van der Waals surface area contributed by atoms with Crippen LogP contribution >= 0.6 is 0 Å². The molecule has 7 nitrogen and oxygen atoms in total. The Balaban J connectivity index is 2.25. The Hall–Kier alpha value is -3.56. The standard InChI is InChI=1S/C21H19F3N2O5/c1-11-25-26-20(31-11)17(10-19(27)28)13-6-12(7-14(8-13)21(22,23)24)16-9-15(29-2)4-5-18(16)30-3/h4-9,17H,10H2,1-3H3,(H,27,28). The molecule has 3 aromatic rings. The third kappa shape index (κ3) is 4.96. The van der Waals surface area contributed by atoms with Crippen molar-refractivity contribution < 1.29 is 37.0 Å². The summed E-state index contributed by atoms with van der Waals surface area (Å²) in [6.07, 6.45) is -5.20. The lowest BCUT2D eigenvalue weighted by molar-refractivity contribution is -0.138. The maximum Gasteiger partial charge on any atom is 0.416 e. The number of benzene rings is 2. The second-order valence-corrected chi connectivity index (χ2v) is 6.72. The average Bonchev–Trinajstić information content (AvgIpc) is 3.16. The predicted molar refractivity (Wildman–Crippen MR) is 103 cm³/mol. The molecule has 0 saturated carbocycles. The minimum absolute atomic E-state index is 0.0701. The summed E-state index contributed by atoms with van der Waals surface area (Å²) in [7, 11) is 2.83. The third-order valence-electron chi connectivity index (χ3n) is 4.62. The van der Waals surface area contributed by atoms with Crippen molar-refractivity contribution in [1.82, 2.24) is 10.2 Å². The Bertz CT molecular complexity index is 1090. The van der Waals surface area contributed by atoms with E-state index in [1.807, 2.05) is 0 Å². The molecule has 3 rings (SSSR count). The van der Waals surface area contributed by atoms with Crippen molar-refractivity contribution >= 4 is 5.97 Å². The number of ether oxygens (including phenoxy) is 2. The van der Waals surface area contributed by atoms with Gasteiger partial charge in [0.2, 0.25) is 11.8 Å². The highest BCUT2D eigenvalue weighted by atomic mass is 19.4. The third-order valence-corrected chi connectivity index (χ3v) is 4.62. The second-order valence-electron chi connectivity index (χ2n) is 6.72. The molecule has 1 atom stereocenters. The summed E-state index contributed by atoms with van der Waals surface area (Å²) < 4.78 is 56.9. The number of carbonyl (C=O) groups is 1. The van der Waals surface area contributed by atoms with Gasteiger partial charge in [-0.3, -0.25) is 4.79 Å². The lowest BCUT2D eigenvalue weighted by Gasteiger charge is -2.18. The fraction of sp³-hybridized carbons (Fsp3) is 0.286. The average molecular weight is 436 g/mol. The van der Waals surface area contributed by atoms with E-state index in [9.17, 15) is 23.1 Å². The van der Waals surface area contributed by atoms with Crippen LogP contribution in [0.2, 0.25) is 0 Å². The summed E-state index contributed by atoms with van der Waals surface area (Å²) in [6.45, 7) is 1.51. The molecule has 0 aliphatic carbocycles. The number of aliphatic carboxylic acids is 1. The molecule has 0 radical (unpaired) electrons. The van der Waals surface area contributed by atoms with Crippen LogP contribution in [0, 0.1) is 6.92 Å². The Morgan fingerprint density at radius 1 is 1.13 bits per heavy atom. The first kappa shape index (κ1) is 22.1. The summed E-state index contributed by atoms with van der Waals surface area (Å²) >= 11 is 0. The number of halogens is 3. The van der Waals surface area contributed by atoms with Crippen LogP contribution in [0.3, 0.4) is 0 Å². The van der Waals surface area contributed by atoms with Crippen LogP contribution in [0.25, 0.3) is 11.1 Å². The fourth-order valence-corrected chi connectivity index (χ4v) is 3.19. The monoisotopic (exact) mass is 436 g/mol. The highest BCUT2D eigenvalue weighted by molar-refractivity contribution is 5.74. The van der Waals surface area contributed by atoms with Gasteiger partial charge >= 0.3 is 12.1 Å². The van der Waals surface area contributed by atoms with Gasteiger partial charge in [-0.25, -0.2) is 0 Å². The molecule has 0 fully saturated rings. The van der Waals surface area contributed by atoms with Crippen molar-refractivity contribution in [2.24, 2.45) is 0 Å². The van der Waals surface area contributed by atoms with Gasteiger partial charge in [0, 0.05) is 12.5 Å². The van der Waals surface area contributed by atoms with E-state index in [0.29, 0.717) is 17.1 Å². The SMILES string of the molecule is COc1ccc(OC)c(-c2cc(C(CC(=O)O)c3nnc(C)o3)cc(C(F)(F)F)c2)c1. The number of carboxylic acids is 1. The topological polar surface area (TPSA) is 94.7 Å². The van der Waals surface area contributed by atoms with E-state index in [1.54, 1.807) is 18.2 Å². The van der Waals surface area contributed by atoms with Gasteiger partial charge in [0.25, 0.3) is 0 Å². The molecule has 31 heavy (non-hydrogen) atoms. The first-order valence-corrected chi connectivity index (χ1v) is 9.08. The number of aryl methyl sites for hydroxylation is 1. The molecule has 0 bridgehead atoms. The summed E-state index contributed by atoms with van der Waals surface area (Å²) in [5.41, 5.74) is -0.352. The van der Waals surface area contributed by atoms with Crippen LogP contribution in [-0.4, -0.2) is 35.5 Å². The van der Waals surface area contributed by atoms with Crippen LogP contribution in [0.1, 0.15) is 35.2 Å². The summed E-state index contributed by atoms with van der Waals surface area (Å²) in [5, 5.41) is 16.8. The smallest absolute Gasteiger partial charge is 0.416 e. The van der Waals surface area contributed by atoms with Gasteiger partial charge in [0.15, 0.2) is 0 Å². The normalized spacial score (nSPS) is 12.5. The van der Waals surface area contributed by atoms with Gasteiger partial charge in [0.05, 0.1) is 32.1 Å². The lowest BCUT2D eigenvalue weighted by Crippen LogP contribution is -2.12. The summed E-state index contributed by atoms with van der Waals surface area (Å²) in [4.78, 5) is 11.4. The molecule has 2 aromatic carbocycles. The Labute approximate surface area is 175 Å². The molecule has 1 unspecified atom stereocenters. The van der Waals surface area contributed by atoms with Crippen LogP contribution < -0.4 is 9.47 Å². The molecular formula is C21H19F3N2O5. The molecule has 0 amide bonds. The van der Waals surface area contributed by atoms with Gasteiger partial charge < -0.3 is 19.0 Å². The first-order valence-electron chi connectivity index (χ1n) is 9.08. The number of rotatable bonds is 7. The molecule has 0 spiro atoms. The first-order chi connectivity index (χ1) is 14.6. The van der Waals surface area contributed by atoms with E-state index >= 15 is 0 Å². The van der Waals surface area contributed by atoms with Gasteiger partial charge in [-0.05, 0) is 41.5 Å². The molecule has 1 heterocycles. The minimum atomic E-state index is -4.67. The maximum atomic E-state index is 13.7. The zero-order valence-corrected chi connectivity index (χ0v) is 16.9. The fourth-order valence-electron chi connectivity index (χ4n) is 3.19. The zero-order chi connectivity index (χ0) is 22.8. The highest BCUT2D eigenvalue weighted by Crippen LogP contribution is 2.40. The minimum Gasteiger partial charge on any atom is -0.497 e. The molecule has 10 heteroatoms. The van der Waals surface area contributed by atoms with Crippen molar-refractivity contribution in [3.05, 3.63) is 59.3 Å². The summed E-state index contributed by atoms with van der Waals surface area (Å²) in [6, 6.07) is 8.05. The van der Waals surface area contributed by atoms with Crippen LogP contribution in [-0.2, 0) is 11.0 Å². The van der Waals surface area contributed by atoms with E-state index in [0.717, 1.165) is 12.1 Å². The van der Waals surface area contributed by atoms with E-state index in [2.05, 4.69) is 10.2 Å². The van der Waals surface area contributed by atoms with Crippen LogP contribution in [0.4, 0.5) is 13.2 Å². The molecule has 0 aliphatic heterocycles. The molecule has 0 aliphatic rings. The van der Waals surface area contributed by atoms with Crippen molar-refractivity contribution in [3.8, 4) is 22.6 Å². The van der Waals surface area contributed by atoms with Crippen molar-refractivity contribution in [1.29, 1.82) is 0 Å². The number of methoxy groups -OCH3 is 2.